The van der Waals surface area contributed by atoms with Crippen molar-refractivity contribution in [3.05, 3.63) is 71.8 Å². The molecule has 4 aromatic rings. The number of nitrogens with zero attached hydrogens (tertiary/aromatic N) is 3. The molecule has 1 heterocycles. The smallest absolute Gasteiger partial charge is 0.146 e. The minimum atomic E-state index is -0.170. The van der Waals surface area contributed by atoms with E-state index in [1.165, 1.54) is 4.90 Å². The number of hydrogen-bond donors (Lipinski definition) is 1. The summed E-state index contributed by atoms with van der Waals surface area (Å²) in [6, 6.07) is 20.3. The number of fused-ring (bicyclic) bond motifs is 1. The number of aromatic nitrogens is 3. The molecule has 0 saturated heterocycles. The molecule has 1 aromatic heterocycles. The first-order chi connectivity index (χ1) is 13.3. The van der Waals surface area contributed by atoms with Gasteiger partial charge in [-0.1, -0.05) is 56.8 Å². The van der Waals surface area contributed by atoms with Crippen molar-refractivity contribution in [1.29, 1.82) is 0 Å². The predicted octanol–water partition coefficient (Wildman–Crippen LogP) is 5.88. The van der Waals surface area contributed by atoms with E-state index in [0.29, 0.717) is 5.69 Å². The van der Waals surface area contributed by atoms with E-state index in [0.717, 1.165) is 27.1 Å². The van der Waals surface area contributed by atoms with Gasteiger partial charge in [-0.05, 0) is 54.3 Å². The number of hydrogen-bond acceptors (Lipinski definition) is 4. The van der Waals surface area contributed by atoms with Crippen LogP contribution < -0.4 is 0 Å². The Kier molecular flexibility index (Phi) is 4.63. The van der Waals surface area contributed by atoms with Crippen LogP contribution in [0.15, 0.2) is 70.5 Å². The maximum atomic E-state index is 10.9. The van der Waals surface area contributed by atoms with Crippen LogP contribution in [0.3, 0.4) is 0 Å². The lowest BCUT2D eigenvalue weighted by molar-refractivity contribution is 0.440. The Morgan fingerprint density at radius 1 is 0.857 bits per heavy atom. The third-order valence-electron chi connectivity index (χ3n) is 4.59. The molecule has 28 heavy (non-hydrogen) atoms. The maximum absolute atomic E-state index is 10.9. The number of aromatic hydroxyl groups is 1. The fraction of sp³-hybridized carbons (Fsp3) is 0.217. The molecule has 0 bridgehead atoms. The van der Waals surface area contributed by atoms with Crippen molar-refractivity contribution in [2.75, 3.05) is 0 Å². The average Bonchev–Trinajstić information content (AvgIpc) is 3.06. The monoisotopic (exact) mass is 389 g/mol. The van der Waals surface area contributed by atoms with Gasteiger partial charge in [-0.15, -0.1) is 15.0 Å². The lowest BCUT2D eigenvalue weighted by Gasteiger charge is -2.22. The van der Waals surface area contributed by atoms with E-state index >= 15 is 0 Å². The van der Waals surface area contributed by atoms with E-state index in [2.05, 4.69) is 49.2 Å². The highest BCUT2D eigenvalue weighted by atomic mass is 32.2. The van der Waals surface area contributed by atoms with Crippen molar-refractivity contribution >= 4 is 22.8 Å². The number of rotatable bonds is 3. The molecule has 0 fully saturated rings. The average molecular weight is 390 g/mol. The Balaban J connectivity index is 1.76. The Labute approximate surface area is 169 Å². The first-order valence-corrected chi connectivity index (χ1v) is 10.1. The van der Waals surface area contributed by atoms with Gasteiger partial charge in [0.15, 0.2) is 0 Å². The molecule has 3 aromatic carbocycles. The van der Waals surface area contributed by atoms with Gasteiger partial charge >= 0.3 is 0 Å². The molecular formula is C23H23N3OS. The van der Waals surface area contributed by atoms with E-state index in [1.807, 2.05) is 49.4 Å². The Morgan fingerprint density at radius 2 is 1.57 bits per heavy atom. The molecule has 0 unspecified atom stereocenters. The molecule has 1 N–H and O–H groups in total. The Morgan fingerprint density at radius 3 is 2.29 bits per heavy atom. The van der Waals surface area contributed by atoms with E-state index in [9.17, 15) is 5.11 Å². The van der Waals surface area contributed by atoms with Gasteiger partial charge in [-0.3, -0.25) is 0 Å². The van der Waals surface area contributed by atoms with Crippen LogP contribution in [0.25, 0.3) is 16.7 Å². The molecule has 4 rings (SSSR count). The van der Waals surface area contributed by atoms with Gasteiger partial charge in [-0.25, -0.2) is 0 Å². The van der Waals surface area contributed by atoms with Crippen LogP contribution in [0.5, 0.6) is 5.75 Å². The van der Waals surface area contributed by atoms with E-state index in [-0.39, 0.29) is 11.2 Å². The van der Waals surface area contributed by atoms with Crippen LogP contribution in [0.2, 0.25) is 0 Å². The number of phenols is 1. The molecular weight excluding hydrogens is 366 g/mol. The molecule has 0 radical (unpaired) electrons. The number of phenolic OH excluding ortho intramolecular Hbond substituents is 1. The lowest BCUT2D eigenvalue weighted by atomic mass is 9.85. The molecule has 0 aliphatic carbocycles. The van der Waals surface area contributed by atoms with Crippen LogP contribution in [0.1, 0.15) is 31.9 Å². The van der Waals surface area contributed by atoms with E-state index < -0.39 is 0 Å². The fourth-order valence-electron chi connectivity index (χ4n) is 3.17. The van der Waals surface area contributed by atoms with Gasteiger partial charge in [-0.2, -0.15) is 0 Å². The topological polar surface area (TPSA) is 50.9 Å². The SMILES string of the molecule is Cc1cc(-n2nc3ccc(Sc4ccccc4)cc3n2)c(O)c(C(C)(C)C)c1. The molecule has 0 saturated carbocycles. The Bertz CT molecular complexity index is 1140. The van der Waals surface area contributed by atoms with Crippen molar-refractivity contribution in [1.82, 2.24) is 15.0 Å². The lowest BCUT2D eigenvalue weighted by Crippen LogP contribution is -2.13. The highest BCUT2D eigenvalue weighted by Crippen LogP contribution is 2.36. The summed E-state index contributed by atoms with van der Waals surface area (Å²) in [7, 11) is 0. The standard InChI is InChI=1S/C23H23N3OS/c1-15-12-18(23(2,3)4)22(27)21(13-15)26-24-19-11-10-17(14-20(19)25-26)28-16-8-6-5-7-9-16/h5-14,27H,1-4H3. The second kappa shape index (κ2) is 6.99. The zero-order chi connectivity index (χ0) is 19.9. The third kappa shape index (κ3) is 3.62. The van der Waals surface area contributed by atoms with Gasteiger partial charge < -0.3 is 5.11 Å². The number of benzene rings is 3. The van der Waals surface area contributed by atoms with E-state index in [4.69, 9.17) is 0 Å². The summed E-state index contributed by atoms with van der Waals surface area (Å²) >= 11 is 1.69. The van der Waals surface area contributed by atoms with Crippen molar-refractivity contribution in [2.45, 2.75) is 42.9 Å². The molecule has 0 spiro atoms. The van der Waals surface area contributed by atoms with Crippen molar-refractivity contribution in [3.8, 4) is 11.4 Å². The summed E-state index contributed by atoms with van der Waals surface area (Å²) in [6.45, 7) is 8.29. The van der Waals surface area contributed by atoms with Gasteiger partial charge in [0.05, 0.1) is 0 Å². The van der Waals surface area contributed by atoms with Crippen molar-refractivity contribution < 1.29 is 5.11 Å². The number of aryl methyl sites for hydroxylation is 1. The molecule has 0 amide bonds. The van der Waals surface area contributed by atoms with Crippen LogP contribution in [0.4, 0.5) is 0 Å². The van der Waals surface area contributed by atoms with Crippen LogP contribution >= 0.6 is 11.8 Å². The van der Waals surface area contributed by atoms with Gasteiger partial charge in [0.1, 0.15) is 22.5 Å². The van der Waals surface area contributed by atoms with Crippen LogP contribution in [-0.4, -0.2) is 20.1 Å². The third-order valence-corrected chi connectivity index (χ3v) is 5.59. The minimum Gasteiger partial charge on any atom is -0.505 e. The van der Waals surface area contributed by atoms with Crippen molar-refractivity contribution in [3.63, 3.8) is 0 Å². The first kappa shape index (κ1) is 18.6. The summed E-state index contributed by atoms with van der Waals surface area (Å²) in [6.07, 6.45) is 0. The maximum Gasteiger partial charge on any atom is 0.146 e. The van der Waals surface area contributed by atoms with Gasteiger partial charge in [0, 0.05) is 15.4 Å². The van der Waals surface area contributed by atoms with Crippen molar-refractivity contribution in [2.24, 2.45) is 0 Å². The summed E-state index contributed by atoms with van der Waals surface area (Å²) in [5.41, 5.74) is 4.01. The molecule has 5 heteroatoms. The fourth-order valence-corrected chi connectivity index (χ4v) is 4.05. The van der Waals surface area contributed by atoms with Crippen LogP contribution in [0, 0.1) is 6.92 Å². The summed E-state index contributed by atoms with van der Waals surface area (Å²) < 4.78 is 0. The molecule has 0 aliphatic rings. The summed E-state index contributed by atoms with van der Waals surface area (Å²) in [5.74, 6) is 0.234. The molecule has 0 atom stereocenters. The predicted molar refractivity (Wildman–Crippen MR) is 115 cm³/mol. The largest absolute Gasteiger partial charge is 0.505 e. The Hall–Kier alpha value is -2.79. The highest BCUT2D eigenvalue weighted by Gasteiger charge is 2.22. The second-order valence-electron chi connectivity index (χ2n) is 7.99. The first-order valence-electron chi connectivity index (χ1n) is 9.26. The zero-order valence-corrected chi connectivity index (χ0v) is 17.3. The second-order valence-corrected chi connectivity index (χ2v) is 9.13. The van der Waals surface area contributed by atoms with Gasteiger partial charge in [0.25, 0.3) is 0 Å². The van der Waals surface area contributed by atoms with E-state index in [1.54, 1.807) is 16.6 Å². The normalized spacial score (nSPS) is 11.9. The summed E-state index contributed by atoms with van der Waals surface area (Å²) in [5, 5.41) is 20.1. The molecule has 0 aliphatic heterocycles. The molecule has 142 valence electrons. The quantitative estimate of drug-likeness (QED) is 0.475. The van der Waals surface area contributed by atoms with Gasteiger partial charge in [0.2, 0.25) is 0 Å². The summed E-state index contributed by atoms with van der Waals surface area (Å²) in [4.78, 5) is 3.83. The molecule has 4 nitrogen and oxygen atoms in total. The highest BCUT2D eigenvalue weighted by molar-refractivity contribution is 7.99. The van der Waals surface area contributed by atoms with Crippen LogP contribution in [-0.2, 0) is 5.41 Å². The zero-order valence-electron chi connectivity index (χ0n) is 16.5. The minimum absolute atomic E-state index is 0.170.